The summed E-state index contributed by atoms with van der Waals surface area (Å²) in [5, 5.41) is 3.87. The molecular formula is C15H12ClN3O2. The van der Waals surface area contributed by atoms with Crippen LogP contribution in [0, 0.1) is 0 Å². The zero-order valence-corrected chi connectivity index (χ0v) is 11.9. The Labute approximate surface area is 125 Å². The summed E-state index contributed by atoms with van der Waals surface area (Å²) in [5.41, 5.74) is 1.77. The maximum Gasteiger partial charge on any atom is 0.272 e. The van der Waals surface area contributed by atoms with Gasteiger partial charge in [0.15, 0.2) is 5.15 Å². The van der Waals surface area contributed by atoms with Crippen molar-refractivity contribution in [1.82, 2.24) is 9.97 Å². The van der Waals surface area contributed by atoms with Crippen LogP contribution in [0.3, 0.4) is 0 Å². The molecule has 1 aromatic carbocycles. The molecule has 3 aromatic rings. The number of nitrogens with zero attached hydrogens (tertiary/aromatic N) is 1. The number of carbonyl (C=O) groups is 1. The Kier molecular flexibility index (Phi) is 3.50. The molecule has 106 valence electrons. The van der Waals surface area contributed by atoms with Gasteiger partial charge in [0.1, 0.15) is 11.4 Å². The maximum absolute atomic E-state index is 12.2. The lowest BCUT2D eigenvalue weighted by Crippen LogP contribution is -2.12. The standard InChI is InChI=1S/C15H12ClN3O2/c1-21-10-4-5-11-9(7-10)8-13(18-11)15(20)19-12-3-2-6-17-14(12)16/h2-8,18H,1H3,(H,19,20). The number of amides is 1. The van der Waals surface area contributed by atoms with E-state index >= 15 is 0 Å². The summed E-state index contributed by atoms with van der Waals surface area (Å²) in [6, 6.07) is 10.7. The quantitative estimate of drug-likeness (QED) is 0.728. The van der Waals surface area contributed by atoms with Gasteiger partial charge in [-0.1, -0.05) is 11.6 Å². The summed E-state index contributed by atoms with van der Waals surface area (Å²) in [6.45, 7) is 0. The minimum absolute atomic E-state index is 0.253. The lowest BCUT2D eigenvalue weighted by molar-refractivity contribution is 0.102. The second-order valence-electron chi connectivity index (χ2n) is 4.43. The summed E-state index contributed by atoms with van der Waals surface area (Å²) in [4.78, 5) is 19.2. The number of aromatic amines is 1. The number of methoxy groups -OCH3 is 1. The van der Waals surface area contributed by atoms with Gasteiger partial charge in [-0.15, -0.1) is 0 Å². The van der Waals surface area contributed by atoms with Crippen LogP contribution >= 0.6 is 11.6 Å². The van der Waals surface area contributed by atoms with Gasteiger partial charge >= 0.3 is 0 Å². The van der Waals surface area contributed by atoms with Crippen LogP contribution in [-0.2, 0) is 0 Å². The average molecular weight is 302 g/mol. The van der Waals surface area contributed by atoms with E-state index in [-0.39, 0.29) is 11.1 Å². The topological polar surface area (TPSA) is 67.0 Å². The molecule has 0 spiro atoms. The molecule has 0 fully saturated rings. The van der Waals surface area contributed by atoms with Crippen LogP contribution in [0.5, 0.6) is 5.75 Å². The number of benzene rings is 1. The minimum atomic E-state index is -0.278. The van der Waals surface area contributed by atoms with Crippen LogP contribution in [0.1, 0.15) is 10.5 Å². The number of hydrogen-bond donors (Lipinski definition) is 2. The van der Waals surface area contributed by atoms with Crippen molar-refractivity contribution < 1.29 is 9.53 Å². The van der Waals surface area contributed by atoms with Crippen molar-refractivity contribution >= 4 is 34.1 Å². The van der Waals surface area contributed by atoms with E-state index < -0.39 is 0 Å². The van der Waals surface area contributed by atoms with Crippen LogP contribution in [0.25, 0.3) is 10.9 Å². The molecule has 0 radical (unpaired) electrons. The number of halogens is 1. The highest BCUT2D eigenvalue weighted by Gasteiger charge is 2.12. The number of nitrogens with one attached hydrogen (secondary N) is 2. The van der Waals surface area contributed by atoms with E-state index in [2.05, 4.69) is 15.3 Å². The maximum atomic E-state index is 12.2. The molecule has 3 rings (SSSR count). The average Bonchev–Trinajstić information content (AvgIpc) is 2.92. The number of anilines is 1. The molecule has 0 aliphatic heterocycles. The van der Waals surface area contributed by atoms with Crippen molar-refractivity contribution in [1.29, 1.82) is 0 Å². The van der Waals surface area contributed by atoms with Crippen molar-refractivity contribution in [3.63, 3.8) is 0 Å². The van der Waals surface area contributed by atoms with Crippen molar-refractivity contribution in [2.45, 2.75) is 0 Å². The zero-order chi connectivity index (χ0) is 14.8. The summed E-state index contributed by atoms with van der Waals surface area (Å²) in [6.07, 6.45) is 1.56. The van der Waals surface area contributed by atoms with Gasteiger partial charge in [0.05, 0.1) is 12.8 Å². The zero-order valence-electron chi connectivity index (χ0n) is 11.2. The fraction of sp³-hybridized carbons (Fsp3) is 0.0667. The SMILES string of the molecule is COc1ccc2[nH]c(C(=O)Nc3cccnc3Cl)cc2c1. The van der Waals surface area contributed by atoms with E-state index in [9.17, 15) is 4.79 Å². The number of hydrogen-bond acceptors (Lipinski definition) is 3. The van der Waals surface area contributed by atoms with Gasteiger partial charge in [-0.25, -0.2) is 4.98 Å². The Morgan fingerprint density at radius 2 is 2.19 bits per heavy atom. The first-order chi connectivity index (χ1) is 10.2. The molecule has 1 amide bonds. The van der Waals surface area contributed by atoms with Gasteiger partial charge in [-0.05, 0) is 36.4 Å². The highest BCUT2D eigenvalue weighted by atomic mass is 35.5. The first kappa shape index (κ1) is 13.5. The van der Waals surface area contributed by atoms with Crippen molar-refractivity contribution in [2.75, 3.05) is 12.4 Å². The molecule has 5 nitrogen and oxygen atoms in total. The third-order valence-corrected chi connectivity index (χ3v) is 3.38. The molecule has 0 saturated heterocycles. The predicted octanol–water partition coefficient (Wildman–Crippen LogP) is 3.48. The van der Waals surface area contributed by atoms with Crippen molar-refractivity contribution in [3.05, 3.63) is 53.4 Å². The normalized spacial score (nSPS) is 10.6. The largest absolute Gasteiger partial charge is 0.497 e. The third kappa shape index (κ3) is 2.68. The second kappa shape index (κ2) is 5.46. The molecule has 0 aliphatic rings. The lowest BCUT2D eigenvalue weighted by atomic mass is 10.2. The van der Waals surface area contributed by atoms with E-state index in [0.717, 1.165) is 16.7 Å². The fourth-order valence-corrected chi connectivity index (χ4v) is 2.20. The molecule has 2 aromatic heterocycles. The number of ether oxygens (including phenoxy) is 1. The number of H-pyrrole nitrogens is 1. The van der Waals surface area contributed by atoms with Gasteiger partial charge in [-0.2, -0.15) is 0 Å². The molecule has 0 atom stereocenters. The van der Waals surface area contributed by atoms with Crippen LogP contribution in [0.2, 0.25) is 5.15 Å². The van der Waals surface area contributed by atoms with Gasteiger partial charge in [0, 0.05) is 17.1 Å². The first-order valence-electron chi connectivity index (χ1n) is 6.26. The number of carbonyl (C=O) groups excluding carboxylic acids is 1. The minimum Gasteiger partial charge on any atom is -0.497 e. The monoisotopic (exact) mass is 301 g/mol. The molecule has 2 N–H and O–H groups in total. The van der Waals surface area contributed by atoms with E-state index in [1.165, 1.54) is 0 Å². The van der Waals surface area contributed by atoms with Crippen molar-refractivity contribution in [3.8, 4) is 5.75 Å². The van der Waals surface area contributed by atoms with Gasteiger partial charge in [0.25, 0.3) is 5.91 Å². The molecule has 21 heavy (non-hydrogen) atoms. The Balaban J connectivity index is 1.89. The molecule has 0 unspecified atom stereocenters. The van der Waals surface area contributed by atoms with E-state index in [1.54, 1.807) is 31.5 Å². The van der Waals surface area contributed by atoms with Gasteiger partial charge in [-0.3, -0.25) is 4.79 Å². The van der Waals surface area contributed by atoms with E-state index in [1.807, 2.05) is 18.2 Å². The summed E-state index contributed by atoms with van der Waals surface area (Å²) in [7, 11) is 1.60. The number of aromatic nitrogens is 2. The number of fused-ring (bicyclic) bond motifs is 1. The third-order valence-electron chi connectivity index (χ3n) is 3.08. The van der Waals surface area contributed by atoms with Crippen LogP contribution in [-0.4, -0.2) is 23.0 Å². The molecule has 0 saturated carbocycles. The predicted molar refractivity (Wildman–Crippen MR) is 82.1 cm³/mol. The fourth-order valence-electron chi connectivity index (χ4n) is 2.03. The van der Waals surface area contributed by atoms with Crippen molar-refractivity contribution in [2.24, 2.45) is 0 Å². The molecular weight excluding hydrogens is 290 g/mol. The molecule has 2 heterocycles. The number of rotatable bonds is 3. The second-order valence-corrected chi connectivity index (χ2v) is 4.79. The summed E-state index contributed by atoms with van der Waals surface area (Å²) in [5.74, 6) is 0.462. The Hall–Kier alpha value is -2.53. The summed E-state index contributed by atoms with van der Waals surface area (Å²) < 4.78 is 5.16. The molecule has 6 heteroatoms. The van der Waals surface area contributed by atoms with Crippen LogP contribution < -0.4 is 10.1 Å². The first-order valence-corrected chi connectivity index (χ1v) is 6.64. The Morgan fingerprint density at radius 3 is 2.95 bits per heavy atom. The molecule has 0 aliphatic carbocycles. The number of pyridine rings is 1. The van der Waals surface area contributed by atoms with E-state index in [4.69, 9.17) is 16.3 Å². The highest BCUT2D eigenvalue weighted by Crippen LogP contribution is 2.23. The summed E-state index contributed by atoms with van der Waals surface area (Å²) >= 11 is 5.92. The smallest absolute Gasteiger partial charge is 0.272 e. The molecule has 0 bridgehead atoms. The highest BCUT2D eigenvalue weighted by molar-refractivity contribution is 6.32. The van der Waals surface area contributed by atoms with Gasteiger partial charge in [0.2, 0.25) is 0 Å². The lowest BCUT2D eigenvalue weighted by Gasteiger charge is -2.04. The van der Waals surface area contributed by atoms with Crippen LogP contribution in [0.15, 0.2) is 42.6 Å². The Morgan fingerprint density at radius 1 is 1.33 bits per heavy atom. The van der Waals surface area contributed by atoms with E-state index in [0.29, 0.717) is 11.4 Å². The van der Waals surface area contributed by atoms with Crippen LogP contribution in [0.4, 0.5) is 5.69 Å². The van der Waals surface area contributed by atoms with Gasteiger partial charge < -0.3 is 15.0 Å². The Bertz CT molecular complexity index is 814.